The lowest BCUT2D eigenvalue weighted by Crippen LogP contribution is -2.53. The van der Waals surface area contributed by atoms with Crippen LogP contribution in [-0.4, -0.2) is 62.2 Å². The van der Waals surface area contributed by atoms with Crippen LogP contribution in [0.25, 0.3) is 0 Å². The molecule has 1 aliphatic carbocycles. The number of piperidine rings is 1. The van der Waals surface area contributed by atoms with E-state index in [2.05, 4.69) is 30.9 Å². The van der Waals surface area contributed by atoms with E-state index in [-0.39, 0.29) is 0 Å². The van der Waals surface area contributed by atoms with Crippen molar-refractivity contribution in [2.75, 3.05) is 39.1 Å². The molecule has 1 saturated carbocycles. The summed E-state index contributed by atoms with van der Waals surface area (Å²) in [7, 11) is 5.90. The molecule has 1 unspecified atom stereocenters. The highest BCUT2D eigenvalue weighted by Crippen LogP contribution is 2.25. The van der Waals surface area contributed by atoms with Crippen LogP contribution in [0.4, 0.5) is 5.13 Å². The topological polar surface area (TPSA) is 55.8 Å². The fourth-order valence-electron chi connectivity index (χ4n) is 4.05. The first-order chi connectivity index (χ1) is 12.7. The fourth-order valence-corrected chi connectivity index (χ4v) is 4.81. The average Bonchev–Trinajstić information content (AvgIpc) is 3.15. The number of anilines is 1. The number of hydrogen-bond acceptors (Lipinski definition) is 5. The Labute approximate surface area is 162 Å². The number of guanidine groups is 1. The second kappa shape index (κ2) is 9.55. The summed E-state index contributed by atoms with van der Waals surface area (Å²) in [6, 6.07) is 1.30. The molecule has 2 aliphatic rings. The van der Waals surface area contributed by atoms with Crippen molar-refractivity contribution in [3.63, 3.8) is 0 Å². The minimum atomic E-state index is 0.490. The number of nitrogens with one attached hydrogen (secondary N) is 2. The van der Waals surface area contributed by atoms with Crippen LogP contribution in [0.3, 0.4) is 0 Å². The molecule has 0 radical (unpaired) electrons. The maximum atomic E-state index is 4.63. The summed E-state index contributed by atoms with van der Waals surface area (Å²) < 4.78 is 0. The van der Waals surface area contributed by atoms with Gasteiger partial charge in [0.2, 0.25) is 0 Å². The van der Waals surface area contributed by atoms with Crippen molar-refractivity contribution in [3.05, 3.63) is 11.1 Å². The standard InChI is InChI=1S/C19H34N6S/c1-20-18(21-12-16-14-26-19(23-16)24(2)3)22-15-8-7-11-25(13-15)17-9-5-4-6-10-17/h14-15,17H,4-13H2,1-3H3,(H2,20,21,22). The van der Waals surface area contributed by atoms with Crippen molar-refractivity contribution >= 4 is 22.4 Å². The summed E-state index contributed by atoms with van der Waals surface area (Å²) in [5, 5.41) is 10.2. The number of thiazole rings is 1. The molecule has 0 aromatic carbocycles. The predicted molar refractivity (Wildman–Crippen MR) is 111 cm³/mol. The molecule has 1 atom stereocenters. The molecule has 0 spiro atoms. The summed E-state index contributed by atoms with van der Waals surface area (Å²) in [5.41, 5.74) is 1.06. The van der Waals surface area contributed by atoms with Crippen molar-refractivity contribution < 1.29 is 0 Å². The number of aromatic nitrogens is 1. The van der Waals surface area contributed by atoms with Gasteiger partial charge in [-0.05, 0) is 32.2 Å². The molecular formula is C19H34N6S. The van der Waals surface area contributed by atoms with Crippen LogP contribution in [0.2, 0.25) is 0 Å². The maximum absolute atomic E-state index is 4.63. The van der Waals surface area contributed by atoms with E-state index in [0.717, 1.165) is 29.4 Å². The molecule has 3 rings (SSSR count). The maximum Gasteiger partial charge on any atom is 0.191 e. The predicted octanol–water partition coefficient (Wildman–Crippen LogP) is 2.67. The Morgan fingerprint density at radius 3 is 2.77 bits per heavy atom. The van der Waals surface area contributed by atoms with E-state index < -0.39 is 0 Å². The monoisotopic (exact) mass is 378 g/mol. The van der Waals surface area contributed by atoms with Crippen molar-refractivity contribution in [3.8, 4) is 0 Å². The molecule has 6 nitrogen and oxygen atoms in total. The summed E-state index contributed by atoms with van der Waals surface area (Å²) in [5.74, 6) is 0.889. The van der Waals surface area contributed by atoms with Gasteiger partial charge in [-0.3, -0.25) is 9.89 Å². The highest BCUT2D eigenvalue weighted by molar-refractivity contribution is 7.13. The lowest BCUT2D eigenvalue weighted by atomic mass is 9.92. The van der Waals surface area contributed by atoms with Crippen molar-refractivity contribution in [2.24, 2.45) is 4.99 Å². The van der Waals surface area contributed by atoms with Crippen LogP contribution in [0.15, 0.2) is 10.4 Å². The van der Waals surface area contributed by atoms with Gasteiger partial charge in [-0.2, -0.15) is 0 Å². The molecule has 2 fully saturated rings. The number of nitrogens with zero attached hydrogens (tertiary/aromatic N) is 4. The van der Waals surface area contributed by atoms with Crippen LogP contribution in [0, 0.1) is 0 Å². The molecule has 7 heteroatoms. The molecule has 1 aromatic heterocycles. The Balaban J connectivity index is 1.47. The SMILES string of the molecule is CN=C(NCc1csc(N(C)C)n1)NC1CCCN(C2CCCCC2)C1. The number of hydrogen-bond donors (Lipinski definition) is 2. The second-order valence-corrected chi connectivity index (χ2v) is 8.55. The number of aliphatic imine (C=N–C) groups is 1. The van der Waals surface area contributed by atoms with Gasteiger partial charge in [0.25, 0.3) is 0 Å². The first kappa shape index (κ1) is 19.4. The van der Waals surface area contributed by atoms with Gasteiger partial charge in [-0.15, -0.1) is 11.3 Å². The molecule has 2 heterocycles. The Morgan fingerprint density at radius 1 is 1.27 bits per heavy atom. The summed E-state index contributed by atoms with van der Waals surface area (Å²) >= 11 is 1.68. The molecule has 1 aliphatic heterocycles. The molecule has 2 N–H and O–H groups in total. The van der Waals surface area contributed by atoms with Crippen LogP contribution in [0.5, 0.6) is 0 Å². The van der Waals surface area contributed by atoms with E-state index in [1.165, 1.54) is 51.5 Å². The van der Waals surface area contributed by atoms with E-state index >= 15 is 0 Å². The van der Waals surface area contributed by atoms with Gasteiger partial charge in [0.05, 0.1) is 12.2 Å². The van der Waals surface area contributed by atoms with Gasteiger partial charge in [0.15, 0.2) is 11.1 Å². The van der Waals surface area contributed by atoms with Crippen LogP contribution in [-0.2, 0) is 6.54 Å². The lowest BCUT2D eigenvalue weighted by molar-refractivity contribution is 0.115. The first-order valence-electron chi connectivity index (χ1n) is 9.98. The van der Waals surface area contributed by atoms with E-state index in [1.807, 2.05) is 26.0 Å². The Bertz CT molecular complexity index is 578. The smallest absolute Gasteiger partial charge is 0.191 e. The quantitative estimate of drug-likeness (QED) is 0.609. The van der Waals surface area contributed by atoms with E-state index in [9.17, 15) is 0 Å². The minimum absolute atomic E-state index is 0.490. The molecule has 0 bridgehead atoms. The molecule has 1 aromatic rings. The van der Waals surface area contributed by atoms with E-state index in [0.29, 0.717) is 12.6 Å². The summed E-state index contributed by atoms with van der Waals surface area (Å²) in [4.78, 5) is 13.8. The van der Waals surface area contributed by atoms with Gasteiger partial charge in [-0.25, -0.2) is 4.98 Å². The number of rotatable bonds is 5. The third-order valence-electron chi connectivity index (χ3n) is 5.47. The van der Waals surface area contributed by atoms with Gasteiger partial charge < -0.3 is 15.5 Å². The largest absolute Gasteiger partial charge is 0.354 e. The van der Waals surface area contributed by atoms with Gasteiger partial charge >= 0.3 is 0 Å². The summed E-state index contributed by atoms with van der Waals surface area (Å²) in [6.07, 6.45) is 9.52. The zero-order valence-corrected chi connectivity index (χ0v) is 17.3. The van der Waals surface area contributed by atoms with Crippen molar-refractivity contribution in [1.82, 2.24) is 20.5 Å². The molecule has 26 heavy (non-hydrogen) atoms. The van der Waals surface area contributed by atoms with E-state index in [1.54, 1.807) is 11.3 Å². The molecule has 146 valence electrons. The normalized spacial score (nSPS) is 23.0. The summed E-state index contributed by atoms with van der Waals surface area (Å²) in [6.45, 7) is 3.12. The molecule has 0 amide bonds. The highest BCUT2D eigenvalue weighted by atomic mass is 32.1. The number of likely N-dealkylation sites (tertiary alicyclic amines) is 1. The third kappa shape index (κ3) is 5.33. The van der Waals surface area contributed by atoms with Crippen LogP contribution in [0.1, 0.15) is 50.6 Å². The fraction of sp³-hybridized carbons (Fsp3) is 0.789. The minimum Gasteiger partial charge on any atom is -0.354 e. The van der Waals surface area contributed by atoms with Gasteiger partial charge in [0.1, 0.15) is 0 Å². The van der Waals surface area contributed by atoms with Crippen molar-refractivity contribution in [1.29, 1.82) is 0 Å². The third-order valence-corrected chi connectivity index (χ3v) is 6.52. The highest BCUT2D eigenvalue weighted by Gasteiger charge is 2.27. The zero-order valence-electron chi connectivity index (χ0n) is 16.5. The molecule has 1 saturated heterocycles. The Morgan fingerprint density at radius 2 is 2.08 bits per heavy atom. The Kier molecular flexibility index (Phi) is 7.14. The second-order valence-electron chi connectivity index (χ2n) is 7.71. The van der Waals surface area contributed by atoms with Gasteiger partial charge in [-0.1, -0.05) is 19.3 Å². The Hall–Kier alpha value is -1.34. The van der Waals surface area contributed by atoms with Crippen LogP contribution < -0.4 is 15.5 Å². The molecular weight excluding hydrogens is 344 g/mol. The lowest BCUT2D eigenvalue weighted by Gasteiger charge is -2.40. The average molecular weight is 379 g/mol. The van der Waals surface area contributed by atoms with Crippen LogP contribution >= 0.6 is 11.3 Å². The van der Waals surface area contributed by atoms with Crippen molar-refractivity contribution in [2.45, 2.75) is 63.6 Å². The van der Waals surface area contributed by atoms with Gasteiger partial charge in [0, 0.05) is 45.2 Å². The van der Waals surface area contributed by atoms with E-state index in [4.69, 9.17) is 0 Å². The zero-order chi connectivity index (χ0) is 18.4. The first-order valence-corrected chi connectivity index (χ1v) is 10.9.